The van der Waals surface area contributed by atoms with Crippen LogP contribution in [0, 0.1) is 16.7 Å². The molecule has 1 N–H and O–H groups in total. The van der Waals surface area contributed by atoms with Crippen LogP contribution >= 0.6 is 24.0 Å². The largest absolute Gasteiger partial charge is 0.481 e. The molecular weight excluding hydrogens is 266 g/mol. The molecule has 1 rings (SSSR count). The fourth-order valence-electron chi connectivity index (χ4n) is 1.27. The normalized spacial score (nSPS) is 13.3. The molecule has 0 saturated carbocycles. The zero-order valence-electron chi connectivity index (χ0n) is 9.92. The average molecular weight is 279 g/mol. The predicted octanol–water partition coefficient (Wildman–Crippen LogP) is 3.50. The monoisotopic (exact) mass is 279 g/mol. The first-order valence-electron chi connectivity index (χ1n) is 5.38. The minimum absolute atomic E-state index is 0.0560. The Morgan fingerprint density at radius 2 is 2.11 bits per heavy atom. The molecule has 94 valence electrons. The molecule has 18 heavy (non-hydrogen) atoms. The van der Waals surface area contributed by atoms with E-state index in [0.29, 0.717) is 4.20 Å². The van der Waals surface area contributed by atoms with Crippen molar-refractivity contribution in [1.82, 2.24) is 0 Å². The number of nitriles is 1. The second-order valence-corrected chi connectivity index (χ2v) is 5.79. The molecule has 1 unspecified atom stereocenters. The van der Waals surface area contributed by atoms with Gasteiger partial charge in [-0.3, -0.25) is 4.79 Å². The molecule has 0 aromatic heterocycles. The summed E-state index contributed by atoms with van der Waals surface area (Å²) < 4.78 is 0.512. The van der Waals surface area contributed by atoms with Crippen LogP contribution in [0.3, 0.4) is 0 Å². The minimum atomic E-state index is -0.913. The lowest BCUT2D eigenvalue weighted by Gasteiger charge is -2.21. The van der Waals surface area contributed by atoms with Crippen LogP contribution in [0.4, 0.5) is 0 Å². The molecule has 0 heterocycles. The van der Waals surface area contributed by atoms with Crippen LogP contribution in [-0.4, -0.2) is 15.3 Å². The van der Waals surface area contributed by atoms with Crippen molar-refractivity contribution in [3.63, 3.8) is 0 Å². The number of thiocarbonyl (C=S) groups is 1. The molecule has 0 amide bonds. The van der Waals surface area contributed by atoms with Gasteiger partial charge in [0, 0.05) is 11.3 Å². The molecule has 5 heteroatoms. The third kappa shape index (κ3) is 4.13. The number of nitrogens with zero attached hydrogens (tertiary/aromatic N) is 1. The van der Waals surface area contributed by atoms with Gasteiger partial charge in [-0.15, -0.1) is 0 Å². The third-order valence-corrected chi connectivity index (χ3v) is 4.33. The maximum absolute atomic E-state index is 10.6. The standard InChI is InChI=1S/C13H13NO2S2/c1-13(9-14,8-7-11(15)16)12(17)18-10-5-3-2-4-6-10/h2-6H,7-8H2,1H3,(H,15,16). The predicted molar refractivity (Wildman–Crippen MR) is 75.5 cm³/mol. The van der Waals surface area contributed by atoms with Gasteiger partial charge >= 0.3 is 5.97 Å². The van der Waals surface area contributed by atoms with Gasteiger partial charge < -0.3 is 5.11 Å². The number of aliphatic carboxylic acids is 1. The summed E-state index contributed by atoms with van der Waals surface area (Å²) in [5.74, 6) is -0.913. The van der Waals surface area contributed by atoms with Gasteiger partial charge in [-0.25, -0.2) is 0 Å². The van der Waals surface area contributed by atoms with Gasteiger partial charge in [0.2, 0.25) is 0 Å². The topological polar surface area (TPSA) is 61.1 Å². The summed E-state index contributed by atoms with van der Waals surface area (Å²) in [7, 11) is 0. The van der Waals surface area contributed by atoms with E-state index < -0.39 is 11.4 Å². The molecule has 0 aliphatic rings. The van der Waals surface area contributed by atoms with Gasteiger partial charge in [0.1, 0.15) is 0 Å². The quantitative estimate of drug-likeness (QED) is 0.660. The second kappa shape index (κ2) is 6.53. The maximum atomic E-state index is 10.6. The lowest BCUT2D eigenvalue weighted by molar-refractivity contribution is -0.137. The Kier molecular flexibility index (Phi) is 5.32. The van der Waals surface area contributed by atoms with Crippen LogP contribution in [0.2, 0.25) is 0 Å². The first-order valence-corrected chi connectivity index (χ1v) is 6.61. The number of thioether (sulfide) groups is 1. The zero-order valence-corrected chi connectivity index (χ0v) is 11.6. The van der Waals surface area contributed by atoms with Crippen LogP contribution < -0.4 is 0 Å². The van der Waals surface area contributed by atoms with E-state index in [1.165, 1.54) is 11.8 Å². The lowest BCUT2D eigenvalue weighted by atomic mass is 9.89. The van der Waals surface area contributed by atoms with E-state index in [1.807, 2.05) is 30.3 Å². The van der Waals surface area contributed by atoms with Crippen molar-refractivity contribution in [1.29, 1.82) is 5.26 Å². The smallest absolute Gasteiger partial charge is 0.303 e. The SMILES string of the molecule is CC(C#N)(CCC(=O)O)C(=S)Sc1ccccc1. The highest BCUT2D eigenvalue weighted by atomic mass is 32.2. The summed E-state index contributed by atoms with van der Waals surface area (Å²) >= 11 is 6.61. The summed E-state index contributed by atoms with van der Waals surface area (Å²) in [5, 5.41) is 17.9. The Hall–Kier alpha value is -1.38. The fourth-order valence-corrected chi connectivity index (χ4v) is 2.59. The third-order valence-electron chi connectivity index (χ3n) is 2.49. The van der Waals surface area contributed by atoms with Gasteiger partial charge in [0.15, 0.2) is 0 Å². The molecule has 1 atom stereocenters. The Morgan fingerprint density at radius 3 is 2.61 bits per heavy atom. The fraction of sp³-hybridized carbons (Fsp3) is 0.308. The van der Waals surface area contributed by atoms with Gasteiger partial charge in [0.05, 0.1) is 15.7 Å². The van der Waals surface area contributed by atoms with Crippen molar-refractivity contribution >= 4 is 34.1 Å². The number of benzene rings is 1. The molecule has 3 nitrogen and oxygen atoms in total. The average Bonchev–Trinajstić information content (AvgIpc) is 2.37. The van der Waals surface area contributed by atoms with Crippen LogP contribution in [0.15, 0.2) is 35.2 Å². The van der Waals surface area contributed by atoms with Gasteiger partial charge in [0.25, 0.3) is 0 Å². The molecule has 0 saturated heterocycles. The summed E-state index contributed by atoms with van der Waals surface area (Å²) in [5.41, 5.74) is -0.895. The molecule has 1 aromatic carbocycles. The van der Waals surface area contributed by atoms with E-state index >= 15 is 0 Å². The Bertz CT molecular complexity index is 482. The first kappa shape index (κ1) is 14.7. The summed E-state index contributed by atoms with van der Waals surface area (Å²) in [4.78, 5) is 11.5. The Labute approximate surface area is 116 Å². The van der Waals surface area contributed by atoms with Gasteiger partial charge in [-0.05, 0) is 25.5 Å². The van der Waals surface area contributed by atoms with Crippen molar-refractivity contribution in [2.45, 2.75) is 24.7 Å². The van der Waals surface area contributed by atoms with Crippen LogP contribution in [0.5, 0.6) is 0 Å². The van der Waals surface area contributed by atoms with Crippen molar-refractivity contribution in [3.05, 3.63) is 30.3 Å². The van der Waals surface area contributed by atoms with Gasteiger partial charge in [-0.2, -0.15) is 5.26 Å². The highest BCUT2D eigenvalue weighted by Crippen LogP contribution is 2.34. The summed E-state index contributed by atoms with van der Waals surface area (Å²) in [6, 6.07) is 11.6. The number of hydrogen-bond donors (Lipinski definition) is 1. The van der Waals surface area contributed by atoms with E-state index in [9.17, 15) is 10.1 Å². The van der Waals surface area contributed by atoms with Crippen molar-refractivity contribution in [3.8, 4) is 6.07 Å². The second-order valence-electron chi connectivity index (χ2n) is 4.04. The Morgan fingerprint density at radius 1 is 1.50 bits per heavy atom. The van der Waals surface area contributed by atoms with Crippen molar-refractivity contribution in [2.75, 3.05) is 0 Å². The molecular formula is C13H13NO2S2. The maximum Gasteiger partial charge on any atom is 0.303 e. The summed E-state index contributed by atoms with van der Waals surface area (Å²) in [6.45, 7) is 1.69. The Balaban J connectivity index is 2.74. The summed E-state index contributed by atoms with van der Waals surface area (Å²) in [6.07, 6.45) is 0.178. The minimum Gasteiger partial charge on any atom is -0.481 e. The van der Waals surface area contributed by atoms with Crippen LogP contribution in [0.1, 0.15) is 19.8 Å². The number of carbonyl (C=O) groups is 1. The lowest BCUT2D eigenvalue weighted by Crippen LogP contribution is -2.23. The van der Waals surface area contributed by atoms with Gasteiger partial charge in [-0.1, -0.05) is 42.2 Å². The number of carboxylic acids is 1. The molecule has 0 bridgehead atoms. The van der Waals surface area contributed by atoms with E-state index in [0.717, 1.165) is 4.90 Å². The van der Waals surface area contributed by atoms with E-state index in [1.54, 1.807) is 6.92 Å². The molecule has 0 fully saturated rings. The molecule has 0 aliphatic heterocycles. The number of hydrogen-bond acceptors (Lipinski definition) is 4. The number of carboxylic acid groups (broad SMARTS) is 1. The number of rotatable bonds is 5. The highest BCUT2D eigenvalue weighted by molar-refractivity contribution is 8.23. The molecule has 1 aromatic rings. The van der Waals surface area contributed by atoms with Crippen LogP contribution in [-0.2, 0) is 4.79 Å². The molecule has 0 spiro atoms. The molecule has 0 radical (unpaired) electrons. The molecule has 0 aliphatic carbocycles. The van der Waals surface area contributed by atoms with E-state index in [4.69, 9.17) is 17.3 Å². The van der Waals surface area contributed by atoms with Crippen LogP contribution in [0.25, 0.3) is 0 Å². The van der Waals surface area contributed by atoms with E-state index in [-0.39, 0.29) is 12.8 Å². The first-order chi connectivity index (χ1) is 8.48. The zero-order chi connectivity index (χ0) is 13.6. The highest BCUT2D eigenvalue weighted by Gasteiger charge is 2.30. The van der Waals surface area contributed by atoms with Crippen molar-refractivity contribution in [2.24, 2.45) is 5.41 Å². The van der Waals surface area contributed by atoms with Crippen molar-refractivity contribution < 1.29 is 9.90 Å². The van der Waals surface area contributed by atoms with E-state index in [2.05, 4.69) is 6.07 Å².